The van der Waals surface area contributed by atoms with Crippen molar-refractivity contribution in [2.24, 2.45) is 11.8 Å². The zero-order valence-electron chi connectivity index (χ0n) is 16.0. The number of anilines is 1. The van der Waals surface area contributed by atoms with Crippen molar-refractivity contribution in [2.75, 3.05) is 18.4 Å². The summed E-state index contributed by atoms with van der Waals surface area (Å²) < 4.78 is 0. The Labute approximate surface area is 168 Å². The minimum Gasteiger partial charge on any atom is -0.391 e. The highest BCUT2D eigenvalue weighted by Gasteiger charge is 2.43. The first-order chi connectivity index (χ1) is 14.2. The topological polar surface area (TPSA) is 91.2 Å². The van der Waals surface area contributed by atoms with Crippen LogP contribution >= 0.6 is 0 Å². The third-order valence-electron chi connectivity index (χ3n) is 6.14. The number of fused-ring (bicyclic) bond motifs is 2. The van der Waals surface area contributed by atoms with Crippen molar-refractivity contribution in [1.82, 2.24) is 19.9 Å². The molecule has 2 aliphatic rings. The molecule has 7 heteroatoms. The number of hydrogen-bond acceptors (Lipinski definition) is 6. The number of nitrogens with one attached hydrogen (secondary N) is 1. The van der Waals surface area contributed by atoms with Crippen LogP contribution in [-0.2, 0) is 0 Å². The van der Waals surface area contributed by atoms with Crippen LogP contribution in [0, 0.1) is 11.8 Å². The second-order valence-corrected chi connectivity index (χ2v) is 8.00. The fourth-order valence-electron chi connectivity index (χ4n) is 4.66. The van der Waals surface area contributed by atoms with Gasteiger partial charge in [0, 0.05) is 30.9 Å². The fourth-order valence-corrected chi connectivity index (χ4v) is 4.66. The molecule has 0 bridgehead atoms. The maximum atomic E-state index is 13.1. The number of aliphatic hydroxyl groups is 1. The second-order valence-electron chi connectivity index (χ2n) is 8.00. The summed E-state index contributed by atoms with van der Waals surface area (Å²) in [6, 6.07) is 11.5. The fraction of sp³-hybridized carbons (Fsp3) is 0.364. The van der Waals surface area contributed by atoms with Gasteiger partial charge in [0.05, 0.1) is 23.9 Å². The minimum atomic E-state index is -0.466. The Morgan fingerprint density at radius 3 is 2.72 bits per heavy atom. The Morgan fingerprint density at radius 1 is 1.07 bits per heavy atom. The van der Waals surface area contributed by atoms with Crippen LogP contribution in [0.3, 0.4) is 0 Å². The quantitative estimate of drug-likeness (QED) is 0.715. The zero-order chi connectivity index (χ0) is 19.8. The molecule has 1 aromatic carbocycles. The Kier molecular flexibility index (Phi) is 4.60. The molecule has 0 spiro atoms. The number of hydrogen-bond donors (Lipinski definition) is 2. The average Bonchev–Trinajstić information content (AvgIpc) is 3.16. The van der Waals surface area contributed by atoms with Gasteiger partial charge in [-0.05, 0) is 36.8 Å². The predicted octanol–water partition coefficient (Wildman–Crippen LogP) is 2.35. The first-order valence-electron chi connectivity index (χ1n) is 10.0. The lowest BCUT2D eigenvalue weighted by molar-refractivity contribution is 0.0726. The van der Waals surface area contributed by atoms with Crippen molar-refractivity contribution in [2.45, 2.75) is 25.0 Å². The lowest BCUT2D eigenvalue weighted by atomic mass is 9.77. The third-order valence-corrected chi connectivity index (χ3v) is 6.14. The number of rotatable bonds is 3. The van der Waals surface area contributed by atoms with E-state index in [-0.39, 0.29) is 11.9 Å². The molecule has 29 heavy (non-hydrogen) atoms. The van der Waals surface area contributed by atoms with E-state index in [9.17, 15) is 9.90 Å². The second kappa shape index (κ2) is 7.40. The van der Waals surface area contributed by atoms with Crippen LogP contribution in [0.15, 0.2) is 55.0 Å². The molecule has 4 atom stereocenters. The standard InChI is InChI=1S/C22H23N5O2/c28-20-10-16-13-27(12-15(16)9-19(20)26-21-11-23-7-8-24-21)22(29)18-6-5-14-3-1-2-4-17(14)25-18/h1-8,11,15-16,19-20,28H,9-10,12-13H2,(H,24,26)/t15-,16+,19-,20-/m1/s1. The minimum absolute atomic E-state index is 0.0296. The number of pyridine rings is 1. The van der Waals surface area contributed by atoms with Crippen molar-refractivity contribution in [3.8, 4) is 0 Å². The van der Waals surface area contributed by atoms with Crippen molar-refractivity contribution < 1.29 is 9.90 Å². The van der Waals surface area contributed by atoms with Gasteiger partial charge in [-0.2, -0.15) is 0 Å². The monoisotopic (exact) mass is 389 g/mol. The maximum absolute atomic E-state index is 13.1. The van der Waals surface area contributed by atoms with Crippen LogP contribution in [0.4, 0.5) is 5.82 Å². The number of nitrogens with zero attached hydrogens (tertiary/aromatic N) is 4. The molecule has 7 nitrogen and oxygen atoms in total. The molecule has 1 saturated heterocycles. The largest absolute Gasteiger partial charge is 0.391 e. The number of aromatic nitrogens is 3. The Morgan fingerprint density at radius 2 is 1.90 bits per heavy atom. The third kappa shape index (κ3) is 3.53. The molecular weight excluding hydrogens is 366 g/mol. The summed E-state index contributed by atoms with van der Waals surface area (Å²) in [5.74, 6) is 1.31. The lowest BCUT2D eigenvalue weighted by Crippen LogP contribution is -2.43. The molecule has 3 aromatic rings. The summed E-state index contributed by atoms with van der Waals surface area (Å²) in [4.78, 5) is 27.8. The molecule has 1 saturated carbocycles. The summed E-state index contributed by atoms with van der Waals surface area (Å²) in [5.41, 5.74) is 1.32. The highest BCUT2D eigenvalue weighted by Crippen LogP contribution is 2.37. The molecule has 0 unspecified atom stereocenters. The van der Waals surface area contributed by atoms with E-state index < -0.39 is 6.10 Å². The summed E-state index contributed by atoms with van der Waals surface area (Å²) in [7, 11) is 0. The van der Waals surface area contributed by atoms with E-state index in [0.717, 1.165) is 17.3 Å². The predicted molar refractivity (Wildman–Crippen MR) is 109 cm³/mol. The van der Waals surface area contributed by atoms with Crippen LogP contribution in [0.5, 0.6) is 0 Å². The zero-order valence-corrected chi connectivity index (χ0v) is 16.0. The number of para-hydroxylation sites is 1. The van der Waals surface area contributed by atoms with E-state index in [2.05, 4.69) is 20.3 Å². The first-order valence-corrected chi connectivity index (χ1v) is 10.0. The van der Waals surface area contributed by atoms with Crippen molar-refractivity contribution in [3.63, 3.8) is 0 Å². The molecule has 1 aliphatic carbocycles. The van der Waals surface area contributed by atoms with Crippen molar-refractivity contribution in [3.05, 3.63) is 60.7 Å². The molecule has 148 valence electrons. The van der Waals surface area contributed by atoms with E-state index in [0.29, 0.717) is 42.9 Å². The number of carbonyl (C=O) groups excluding carboxylic acids is 1. The molecule has 1 aliphatic heterocycles. The molecular formula is C22H23N5O2. The van der Waals surface area contributed by atoms with Crippen LogP contribution < -0.4 is 5.32 Å². The van der Waals surface area contributed by atoms with E-state index >= 15 is 0 Å². The molecule has 2 N–H and O–H groups in total. The highest BCUT2D eigenvalue weighted by atomic mass is 16.3. The summed E-state index contributed by atoms with van der Waals surface area (Å²) >= 11 is 0. The number of amides is 1. The van der Waals surface area contributed by atoms with Gasteiger partial charge in [-0.25, -0.2) is 9.97 Å². The van der Waals surface area contributed by atoms with Crippen molar-refractivity contribution >= 4 is 22.6 Å². The molecule has 0 radical (unpaired) electrons. The van der Waals surface area contributed by atoms with Gasteiger partial charge in [0.1, 0.15) is 11.5 Å². The average molecular weight is 389 g/mol. The lowest BCUT2D eigenvalue weighted by Gasteiger charge is -2.35. The molecule has 5 rings (SSSR count). The number of carbonyl (C=O) groups is 1. The Balaban J connectivity index is 1.29. The number of benzene rings is 1. The first kappa shape index (κ1) is 18.0. The Hall–Kier alpha value is -3.06. The van der Waals surface area contributed by atoms with E-state index in [1.54, 1.807) is 24.7 Å². The molecule has 3 heterocycles. The van der Waals surface area contributed by atoms with Gasteiger partial charge in [0.15, 0.2) is 0 Å². The van der Waals surface area contributed by atoms with Crippen LogP contribution in [0.25, 0.3) is 10.9 Å². The van der Waals surface area contributed by atoms with Gasteiger partial charge in [0.25, 0.3) is 5.91 Å². The van der Waals surface area contributed by atoms with Crippen molar-refractivity contribution in [1.29, 1.82) is 0 Å². The van der Waals surface area contributed by atoms with Gasteiger partial charge in [-0.1, -0.05) is 24.3 Å². The van der Waals surface area contributed by atoms with Gasteiger partial charge in [-0.3, -0.25) is 9.78 Å². The SMILES string of the molecule is O=C(c1ccc2ccccc2n1)N1C[C@H]2C[C@@H](Nc3cnccn3)[C@H](O)C[C@H]2C1. The Bertz CT molecular complexity index is 1030. The van der Waals surface area contributed by atoms with Gasteiger partial charge in [0.2, 0.25) is 0 Å². The van der Waals surface area contributed by atoms with E-state index in [1.807, 2.05) is 35.2 Å². The van der Waals surface area contributed by atoms with Crippen LogP contribution in [0.1, 0.15) is 23.3 Å². The van der Waals surface area contributed by atoms with E-state index in [4.69, 9.17) is 0 Å². The van der Waals surface area contributed by atoms with Gasteiger partial charge >= 0.3 is 0 Å². The maximum Gasteiger partial charge on any atom is 0.272 e. The molecule has 1 amide bonds. The van der Waals surface area contributed by atoms with Crippen LogP contribution in [-0.4, -0.2) is 56.1 Å². The van der Waals surface area contributed by atoms with E-state index in [1.165, 1.54) is 0 Å². The summed E-state index contributed by atoms with van der Waals surface area (Å²) in [5, 5.41) is 14.9. The summed E-state index contributed by atoms with van der Waals surface area (Å²) in [6.45, 7) is 1.37. The van der Waals surface area contributed by atoms with Crippen LogP contribution in [0.2, 0.25) is 0 Å². The summed E-state index contributed by atoms with van der Waals surface area (Å²) in [6.07, 6.45) is 5.93. The van der Waals surface area contributed by atoms with Gasteiger partial charge in [-0.15, -0.1) is 0 Å². The van der Waals surface area contributed by atoms with Gasteiger partial charge < -0.3 is 15.3 Å². The normalized spacial score (nSPS) is 26.3. The number of likely N-dealkylation sites (tertiary alicyclic amines) is 1. The molecule has 2 aromatic heterocycles. The number of aliphatic hydroxyl groups excluding tert-OH is 1. The molecule has 2 fully saturated rings. The highest BCUT2D eigenvalue weighted by molar-refractivity contribution is 5.95. The smallest absolute Gasteiger partial charge is 0.272 e.